The van der Waals surface area contributed by atoms with Gasteiger partial charge in [-0.15, -0.1) is 6.42 Å². The molecule has 4 fully saturated rings. The second-order valence-electron chi connectivity index (χ2n) is 13.1. The fourth-order valence-corrected chi connectivity index (χ4v) is 9.51. The smallest absolute Gasteiger partial charge is 0.192 e. The van der Waals surface area contributed by atoms with Crippen molar-refractivity contribution in [3.05, 3.63) is 11.6 Å². The molecule has 1 aliphatic heterocycles. The van der Waals surface area contributed by atoms with Gasteiger partial charge in [-0.3, -0.25) is 0 Å². The topological polar surface area (TPSA) is 21.8 Å². The van der Waals surface area contributed by atoms with E-state index in [-0.39, 0.29) is 16.2 Å². The molecule has 1 saturated heterocycles. The lowest BCUT2D eigenvalue weighted by Crippen LogP contribution is -2.52. The van der Waals surface area contributed by atoms with Crippen LogP contribution in [0.15, 0.2) is 11.6 Å². The molecular formula is C27H42O2Si. The average molecular weight is 427 g/mol. The van der Waals surface area contributed by atoms with E-state index in [1.165, 1.54) is 32.1 Å². The Morgan fingerprint density at radius 3 is 2.63 bits per heavy atom. The van der Waals surface area contributed by atoms with Gasteiger partial charge in [0.1, 0.15) is 5.60 Å². The standard InChI is InChI=1S/C27H42O2Si/c1-9-26-17-18(2)23-21-11-10-19-16-20(28-30(7,8)24(3,4)5)12-14-25(19,6)22(21)13-15-27(23,26)29-26/h1,10,18,20-23H,11-17H2,2-8H3/t18?,20-,21?,22?,23?,25-,26?,27+/m0/s1. The summed E-state index contributed by atoms with van der Waals surface area (Å²) < 4.78 is 13.3. The van der Waals surface area contributed by atoms with E-state index in [0.29, 0.717) is 23.4 Å². The van der Waals surface area contributed by atoms with Crippen molar-refractivity contribution in [2.45, 2.75) is 115 Å². The molecule has 3 heteroatoms. The van der Waals surface area contributed by atoms with E-state index in [0.717, 1.165) is 24.7 Å². The summed E-state index contributed by atoms with van der Waals surface area (Å²) in [7, 11) is -1.71. The van der Waals surface area contributed by atoms with Crippen LogP contribution in [0.3, 0.4) is 0 Å². The van der Waals surface area contributed by atoms with Crippen LogP contribution in [0.5, 0.6) is 0 Å². The van der Waals surface area contributed by atoms with E-state index in [2.05, 4.69) is 59.7 Å². The van der Waals surface area contributed by atoms with Crippen molar-refractivity contribution in [3.8, 4) is 12.3 Å². The number of ether oxygens (including phenoxy) is 1. The Morgan fingerprint density at radius 1 is 1.23 bits per heavy atom. The molecule has 3 saturated carbocycles. The maximum atomic E-state index is 6.87. The number of rotatable bonds is 2. The van der Waals surface area contributed by atoms with Crippen molar-refractivity contribution < 1.29 is 9.16 Å². The highest BCUT2D eigenvalue weighted by Crippen LogP contribution is 2.74. The Labute approximate surface area is 185 Å². The van der Waals surface area contributed by atoms with E-state index < -0.39 is 8.32 Å². The fraction of sp³-hybridized carbons (Fsp3) is 0.852. The first-order chi connectivity index (χ1) is 13.9. The molecule has 0 bridgehead atoms. The van der Waals surface area contributed by atoms with Crippen molar-refractivity contribution in [2.75, 3.05) is 0 Å². The summed E-state index contributed by atoms with van der Waals surface area (Å²) >= 11 is 0. The molecule has 0 aromatic heterocycles. The lowest BCUT2D eigenvalue weighted by molar-refractivity contribution is -0.0412. The molecule has 166 valence electrons. The number of hydrogen-bond donors (Lipinski definition) is 0. The number of fused-ring (bicyclic) bond motifs is 4. The fourth-order valence-electron chi connectivity index (χ4n) is 8.13. The van der Waals surface area contributed by atoms with Crippen molar-refractivity contribution in [1.29, 1.82) is 0 Å². The normalized spacial score (nSPS) is 49.8. The highest BCUT2D eigenvalue weighted by Gasteiger charge is 2.80. The number of epoxide rings is 1. The predicted octanol–water partition coefficient (Wildman–Crippen LogP) is 6.72. The van der Waals surface area contributed by atoms with Gasteiger partial charge in [-0.05, 0) is 92.2 Å². The van der Waals surface area contributed by atoms with Crippen LogP contribution in [0.25, 0.3) is 0 Å². The zero-order chi connectivity index (χ0) is 21.7. The van der Waals surface area contributed by atoms with Gasteiger partial charge in [0.25, 0.3) is 0 Å². The first-order valence-electron chi connectivity index (χ1n) is 12.4. The highest BCUT2D eigenvalue weighted by molar-refractivity contribution is 6.74. The van der Waals surface area contributed by atoms with Gasteiger partial charge < -0.3 is 9.16 Å². The van der Waals surface area contributed by atoms with Crippen molar-refractivity contribution in [2.24, 2.45) is 29.1 Å². The molecule has 5 unspecified atom stereocenters. The molecule has 30 heavy (non-hydrogen) atoms. The Morgan fingerprint density at radius 2 is 1.97 bits per heavy atom. The SMILES string of the molecule is C#CC12CC(C)C3C4CC=C5C[C@@H](O[Si](C)(C)C(C)(C)C)CC[C@]5(C)C4CC[C@@]31O2. The van der Waals surface area contributed by atoms with Gasteiger partial charge in [-0.1, -0.05) is 52.2 Å². The van der Waals surface area contributed by atoms with Crippen molar-refractivity contribution in [3.63, 3.8) is 0 Å². The molecule has 8 atom stereocenters. The number of allylic oxidation sites excluding steroid dienone is 1. The van der Waals surface area contributed by atoms with Gasteiger partial charge >= 0.3 is 0 Å². The van der Waals surface area contributed by atoms with Crippen LogP contribution in [0.1, 0.15) is 79.6 Å². The molecule has 0 aromatic carbocycles. The van der Waals surface area contributed by atoms with Gasteiger partial charge in [-0.25, -0.2) is 0 Å². The molecular weight excluding hydrogens is 384 g/mol. The number of hydrogen-bond acceptors (Lipinski definition) is 2. The average Bonchev–Trinajstić information content (AvgIpc) is 3.18. The second kappa shape index (κ2) is 6.27. The van der Waals surface area contributed by atoms with E-state index in [4.69, 9.17) is 15.6 Å². The van der Waals surface area contributed by atoms with Crippen LogP contribution in [0.4, 0.5) is 0 Å². The van der Waals surface area contributed by atoms with Crippen molar-refractivity contribution >= 4 is 8.32 Å². The summed E-state index contributed by atoms with van der Waals surface area (Å²) in [5, 5.41) is 0.282. The molecule has 2 nitrogen and oxygen atoms in total. The molecule has 5 rings (SSSR count). The van der Waals surface area contributed by atoms with Gasteiger partial charge in [0.2, 0.25) is 0 Å². The Kier molecular flexibility index (Phi) is 4.45. The summed E-state index contributed by atoms with van der Waals surface area (Å²) in [6, 6.07) is 0. The van der Waals surface area contributed by atoms with Gasteiger partial charge in [0, 0.05) is 6.10 Å². The quantitative estimate of drug-likeness (QED) is 0.211. The van der Waals surface area contributed by atoms with Crippen LogP contribution in [-0.4, -0.2) is 25.6 Å². The summed E-state index contributed by atoms with van der Waals surface area (Å²) in [5.41, 5.74) is 1.86. The lowest BCUT2D eigenvalue weighted by atomic mass is 9.49. The predicted molar refractivity (Wildman–Crippen MR) is 126 cm³/mol. The van der Waals surface area contributed by atoms with Gasteiger partial charge in [0.05, 0.1) is 0 Å². The van der Waals surface area contributed by atoms with Crippen LogP contribution in [0.2, 0.25) is 18.1 Å². The van der Waals surface area contributed by atoms with Gasteiger partial charge in [-0.2, -0.15) is 0 Å². The van der Waals surface area contributed by atoms with E-state index in [1.807, 2.05) is 0 Å². The van der Waals surface area contributed by atoms with E-state index in [1.54, 1.807) is 5.57 Å². The van der Waals surface area contributed by atoms with Crippen LogP contribution < -0.4 is 0 Å². The maximum absolute atomic E-state index is 6.87. The highest BCUT2D eigenvalue weighted by atomic mass is 28.4. The Hall–Kier alpha value is -0.563. The summed E-state index contributed by atoms with van der Waals surface area (Å²) in [6.45, 7) is 16.9. The largest absolute Gasteiger partial charge is 0.414 e. The molecule has 0 amide bonds. The number of terminal acetylenes is 1. The van der Waals surface area contributed by atoms with Crippen LogP contribution in [0, 0.1) is 41.4 Å². The molecule has 4 aliphatic carbocycles. The minimum Gasteiger partial charge on any atom is -0.414 e. The molecule has 5 aliphatic rings. The Balaban J connectivity index is 1.37. The lowest BCUT2D eigenvalue weighted by Gasteiger charge is -2.56. The summed E-state index contributed by atoms with van der Waals surface area (Å²) in [4.78, 5) is 0. The molecule has 0 aromatic rings. The van der Waals surface area contributed by atoms with E-state index in [9.17, 15) is 0 Å². The van der Waals surface area contributed by atoms with E-state index >= 15 is 0 Å². The van der Waals surface area contributed by atoms with Crippen LogP contribution >= 0.6 is 0 Å². The molecule has 0 radical (unpaired) electrons. The third-order valence-corrected chi connectivity index (χ3v) is 15.2. The summed E-state index contributed by atoms with van der Waals surface area (Å²) in [5.74, 6) is 5.98. The molecule has 1 spiro atoms. The monoisotopic (exact) mass is 426 g/mol. The molecule has 1 heterocycles. The van der Waals surface area contributed by atoms with Gasteiger partial charge in [0.15, 0.2) is 13.9 Å². The minimum atomic E-state index is -1.71. The molecule has 0 N–H and O–H groups in total. The van der Waals surface area contributed by atoms with Crippen molar-refractivity contribution in [1.82, 2.24) is 0 Å². The first kappa shape index (κ1) is 21.3. The Bertz CT molecular complexity index is 816. The second-order valence-corrected chi connectivity index (χ2v) is 17.9. The first-order valence-corrected chi connectivity index (χ1v) is 15.4. The summed E-state index contributed by atoms with van der Waals surface area (Å²) in [6.07, 6.45) is 17.5. The van der Waals surface area contributed by atoms with Crippen LogP contribution in [-0.2, 0) is 9.16 Å². The maximum Gasteiger partial charge on any atom is 0.192 e. The zero-order valence-electron chi connectivity index (χ0n) is 20.3. The third-order valence-electron chi connectivity index (χ3n) is 10.7. The third kappa shape index (κ3) is 2.63. The zero-order valence-corrected chi connectivity index (χ0v) is 21.3. The minimum absolute atomic E-state index is 0.0205.